The SMILES string of the molecule is CCCCCCCCCCC(NCCC)C(OC)C1CC1. The van der Waals surface area contributed by atoms with Crippen molar-refractivity contribution in [3.8, 4) is 0 Å². The number of rotatable bonds is 15. The number of ether oxygens (including phenoxy) is 1. The molecule has 1 aliphatic rings. The Morgan fingerprint density at radius 1 is 0.905 bits per heavy atom. The van der Waals surface area contributed by atoms with Crippen LogP contribution in [0.15, 0.2) is 0 Å². The van der Waals surface area contributed by atoms with Gasteiger partial charge in [0.2, 0.25) is 0 Å². The van der Waals surface area contributed by atoms with E-state index >= 15 is 0 Å². The quantitative estimate of drug-likeness (QED) is 0.414. The second kappa shape index (κ2) is 12.5. The third-order valence-electron chi connectivity index (χ3n) is 4.78. The van der Waals surface area contributed by atoms with Crippen LogP contribution in [-0.4, -0.2) is 25.8 Å². The summed E-state index contributed by atoms with van der Waals surface area (Å²) in [7, 11) is 1.90. The molecule has 0 aromatic rings. The molecule has 2 atom stereocenters. The van der Waals surface area contributed by atoms with Crippen molar-refractivity contribution in [2.75, 3.05) is 13.7 Å². The normalized spacial score (nSPS) is 17.9. The minimum atomic E-state index is 0.459. The summed E-state index contributed by atoms with van der Waals surface area (Å²) in [6.07, 6.45) is 17.0. The van der Waals surface area contributed by atoms with E-state index in [0.29, 0.717) is 12.1 Å². The Balaban J connectivity index is 2.11. The molecule has 0 aromatic heterocycles. The molecule has 126 valence electrons. The summed E-state index contributed by atoms with van der Waals surface area (Å²) >= 11 is 0. The summed E-state index contributed by atoms with van der Waals surface area (Å²) in [6.45, 7) is 5.67. The predicted molar refractivity (Wildman–Crippen MR) is 92.8 cm³/mol. The van der Waals surface area contributed by atoms with Crippen LogP contribution in [0, 0.1) is 5.92 Å². The van der Waals surface area contributed by atoms with Crippen LogP contribution in [0.4, 0.5) is 0 Å². The summed E-state index contributed by atoms with van der Waals surface area (Å²) in [5, 5.41) is 3.74. The molecule has 2 nitrogen and oxygen atoms in total. The Bertz CT molecular complexity index is 228. The number of nitrogens with one attached hydrogen (secondary N) is 1. The van der Waals surface area contributed by atoms with Crippen molar-refractivity contribution in [1.29, 1.82) is 0 Å². The van der Waals surface area contributed by atoms with E-state index in [2.05, 4.69) is 19.2 Å². The zero-order valence-corrected chi connectivity index (χ0v) is 14.8. The van der Waals surface area contributed by atoms with Gasteiger partial charge in [-0.2, -0.15) is 0 Å². The van der Waals surface area contributed by atoms with Gasteiger partial charge in [0.1, 0.15) is 0 Å². The highest BCUT2D eigenvalue weighted by Gasteiger charge is 2.36. The largest absolute Gasteiger partial charge is 0.380 e. The average Bonchev–Trinajstić information content (AvgIpc) is 3.32. The molecule has 0 amide bonds. The Kier molecular flexibility index (Phi) is 11.3. The third-order valence-corrected chi connectivity index (χ3v) is 4.78. The molecule has 1 aliphatic carbocycles. The van der Waals surface area contributed by atoms with E-state index in [0.717, 1.165) is 12.5 Å². The lowest BCUT2D eigenvalue weighted by Crippen LogP contribution is -2.42. The van der Waals surface area contributed by atoms with Crippen molar-refractivity contribution in [2.24, 2.45) is 5.92 Å². The summed E-state index contributed by atoms with van der Waals surface area (Å²) in [6, 6.07) is 0.586. The van der Waals surface area contributed by atoms with Crippen molar-refractivity contribution in [3.05, 3.63) is 0 Å². The first-order chi connectivity index (χ1) is 10.3. The van der Waals surface area contributed by atoms with Crippen LogP contribution in [0.3, 0.4) is 0 Å². The smallest absolute Gasteiger partial charge is 0.0752 e. The fourth-order valence-corrected chi connectivity index (χ4v) is 3.32. The standard InChI is InChI=1S/C19H39NO/c1-4-6-7-8-9-10-11-12-13-18(20-16-5-2)19(21-3)17-14-15-17/h17-20H,4-16H2,1-3H3. The Hall–Kier alpha value is -0.0800. The van der Waals surface area contributed by atoms with E-state index < -0.39 is 0 Å². The third kappa shape index (κ3) is 8.83. The molecule has 0 bridgehead atoms. The van der Waals surface area contributed by atoms with Crippen LogP contribution >= 0.6 is 0 Å². The highest BCUT2D eigenvalue weighted by Crippen LogP contribution is 2.36. The van der Waals surface area contributed by atoms with Crippen molar-refractivity contribution >= 4 is 0 Å². The summed E-state index contributed by atoms with van der Waals surface area (Å²) in [5.74, 6) is 0.832. The second-order valence-corrected chi connectivity index (χ2v) is 6.86. The lowest BCUT2D eigenvalue weighted by molar-refractivity contribution is 0.0475. The number of methoxy groups -OCH3 is 1. The maximum Gasteiger partial charge on any atom is 0.0752 e. The number of hydrogen-bond donors (Lipinski definition) is 1. The first-order valence-corrected chi connectivity index (χ1v) is 9.59. The monoisotopic (exact) mass is 297 g/mol. The van der Waals surface area contributed by atoms with E-state index in [4.69, 9.17) is 4.74 Å². The molecule has 2 heteroatoms. The fraction of sp³-hybridized carbons (Fsp3) is 1.00. The minimum Gasteiger partial charge on any atom is -0.380 e. The van der Waals surface area contributed by atoms with Gasteiger partial charge in [-0.25, -0.2) is 0 Å². The van der Waals surface area contributed by atoms with Crippen LogP contribution in [0.5, 0.6) is 0 Å². The van der Waals surface area contributed by atoms with Crippen LogP contribution in [-0.2, 0) is 4.74 Å². The van der Waals surface area contributed by atoms with Crippen LogP contribution in [0.1, 0.15) is 90.9 Å². The molecular weight excluding hydrogens is 258 g/mol. The highest BCUT2D eigenvalue weighted by atomic mass is 16.5. The molecule has 0 saturated heterocycles. The van der Waals surface area contributed by atoms with E-state index in [-0.39, 0.29) is 0 Å². The van der Waals surface area contributed by atoms with Crippen molar-refractivity contribution in [1.82, 2.24) is 5.32 Å². The van der Waals surface area contributed by atoms with Gasteiger partial charge in [0.15, 0.2) is 0 Å². The van der Waals surface area contributed by atoms with Crippen LogP contribution in [0.2, 0.25) is 0 Å². The first kappa shape index (κ1) is 19.0. The number of unbranched alkanes of at least 4 members (excludes halogenated alkanes) is 7. The van der Waals surface area contributed by atoms with Crippen LogP contribution in [0.25, 0.3) is 0 Å². The zero-order valence-electron chi connectivity index (χ0n) is 14.8. The molecule has 0 spiro atoms. The van der Waals surface area contributed by atoms with Gasteiger partial charge in [0, 0.05) is 13.2 Å². The van der Waals surface area contributed by atoms with Crippen molar-refractivity contribution < 1.29 is 4.74 Å². The van der Waals surface area contributed by atoms with E-state index in [1.807, 2.05) is 7.11 Å². The van der Waals surface area contributed by atoms with Gasteiger partial charge in [0.25, 0.3) is 0 Å². The van der Waals surface area contributed by atoms with E-state index in [1.54, 1.807) is 0 Å². The van der Waals surface area contributed by atoms with Gasteiger partial charge in [0.05, 0.1) is 6.10 Å². The average molecular weight is 298 g/mol. The lowest BCUT2D eigenvalue weighted by atomic mass is 9.98. The molecule has 0 aliphatic heterocycles. The van der Waals surface area contributed by atoms with E-state index in [9.17, 15) is 0 Å². The first-order valence-electron chi connectivity index (χ1n) is 9.59. The molecule has 0 radical (unpaired) electrons. The van der Waals surface area contributed by atoms with Gasteiger partial charge in [-0.1, -0.05) is 65.2 Å². The van der Waals surface area contributed by atoms with Crippen molar-refractivity contribution in [3.63, 3.8) is 0 Å². The molecule has 1 saturated carbocycles. The summed E-state index contributed by atoms with van der Waals surface area (Å²) in [5.41, 5.74) is 0. The molecular formula is C19H39NO. The second-order valence-electron chi connectivity index (χ2n) is 6.86. The van der Waals surface area contributed by atoms with Crippen molar-refractivity contribution in [2.45, 2.75) is 103 Å². The Morgan fingerprint density at radius 3 is 2.05 bits per heavy atom. The number of hydrogen-bond acceptors (Lipinski definition) is 2. The molecule has 1 fully saturated rings. The van der Waals surface area contributed by atoms with Gasteiger partial charge >= 0.3 is 0 Å². The molecule has 1 N–H and O–H groups in total. The maximum atomic E-state index is 5.79. The lowest BCUT2D eigenvalue weighted by Gasteiger charge is -2.27. The summed E-state index contributed by atoms with van der Waals surface area (Å²) < 4.78 is 5.79. The van der Waals surface area contributed by atoms with Gasteiger partial charge in [-0.15, -0.1) is 0 Å². The zero-order chi connectivity index (χ0) is 15.3. The Morgan fingerprint density at radius 2 is 1.52 bits per heavy atom. The van der Waals surface area contributed by atoms with Gasteiger partial charge < -0.3 is 10.1 Å². The maximum absolute atomic E-state index is 5.79. The van der Waals surface area contributed by atoms with Gasteiger partial charge in [-0.05, 0) is 38.1 Å². The minimum absolute atomic E-state index is 0.459. The van der Waals surface area contributed by atoms with E-state index in [1.165, 1.54) is 77.0 Å². The topological polar surface area (TPSA) is 21.3 Å². The molecule has 21 heavy (non-hydrogen) atoms. The molecule has 0 heterocycles. The fourth-order valence-electron chi connectivity index (χ4n) is 3.32. The predicted octanol–water partition coefficient (Wildman–Crippen LogP) is 5.31. The highest BCUT2D eigenvalue weighted by molar-refractivity contribution is 4.90. The Labute approximate surface area is 133 Å². The van der Waals surface area contributed by atoms with Gasteiger partial charge in [-0.3, -0.25) is 0 Å². The molecule has 2 unspecified atom stereocenters. The summed E-state index contributed by atoms with van der Waals surface area (Å²) in [4.78, 5) is 0. The molecule has 0 aromatic carbocycles. The van der Waals surface area contributed by atoms with Crippen LogP contribution < -0.4 is 5.32 Å². The molecule has 1 rings (SSSR count).